The second-order valence-electron chi connectivity index (χ2n) is 5.91. The summed E-state index contributed by atoms with van der Waals surface area (Å²) in [7, 11) is 0. The van der Waals surface area contributed by atoms with Gasteiger partial charge in [-0.05, 0) is 38.7 Å². The number of nitrogens with one attached hydrogen (secondary N) is 1. The zero-order chi connectivity index (χ0) is 17.3. The van der Waals surface area contributed by atoms with Crippen LogP contribution >= 0.6 is 11.3 Å². The Morgan fingerprint density at radius 2 is 1.96 bits per heavy atom. The number of ether oxygens (including phenoxy) is 1. The number of rotatable bonds is 3. The number of H-pyrrole nitrogens is 1. The highest BCUT2D eigenvalue weighted by Crippen LogP contribution is 2.27. The minimum Gasteiger partial charge on any atom is -0.451 e. The Morgan fingerprint density at radius 3 is 2.67 bits per heavy atom. The molecule has 3 rings (SSSR count). The van der Waals surface area contributed by atoms with E-state index in [1.807, 2.05) is 0 Å². The lowest BCUT2D eigenvalue weighted by Crippen LogP contribution is -2.38. The summed E-state index contributed by atoms with van der Waals surface area (Å²) in [5.74, 6) is -0.263. The summed E-state index contributed by atoms with van der Waals surface area (Å²) >= 11 is 1.12. The van der Waals surface area contributed by atoms with Crippen LogP contribution in [0.4, 0.5) is 0 Å². The minimum atomic E-state index is -0.585. The lowest BCUT2D eigenvalue weighted by Gasteiger charge is -2.26. The van der Waals surface area contributed by atoms with Crippen molar-refractivity contribution in [3.63, 3.8) is 0 Å². The van der Waals surface area contributed by atoms with Gasteiger partial charge >= 0.3 is 5.97 Å². The molecule has 1 aliphatic rings. The van der Waals surface area contributed by atoms with Crippen LogP contribution < -0.4 is 5.56 Å². The molecule has 1 saturated heterocycles. The highest BCUT2D eigenvalue weighted by molar-refractivity contribution is 7.20. The number of aromatic nitrogens is 2. The van der Waals surface area contributed by atoms with Gasteiger partial charge in [0.25, 0.3) is 11.5 Å². The average Bonchev–Trinajstić information content (AvgIpc) is 2.90. The zero-order valence-electron chi connectivity index (χ0n) is 13.7. The van der Waals surface area contributed by atoms with Crippen LogP contribution in [0.3, 0.4) is 0 Å². The number of carbonyl (C=O) groups is 2. The summed E-state index contributed by atoms with van der Waals surface area (Å²) in [6.45, 7) is 4.54. The molecule has 7 nitrogen and oxygen atoms in total. The number of fused-ring (bicyclic) bond motifs is 1. The Balaban J connectivity index is 1.74. The Bertz CT molecular complexity index is 849. The third-order valence-electron chi connectivity index (χ3n) is 4.14. The molecular formula is C16H19N3O4S. The number of aromatic amines is 1. The fraction of sp³-hybridized carbons (Fsp3) is 0.500. The minimum absolute atomic E-state index is 0.173. The number of thiophene rings is 1. The van der Waals surface area contributed by atoms with Gasteiger partial charge in [0.15, 0.2) is 6.61 Å². The summed E-state index contributed by atoms with van der Waals surface area (Å²) in [6, 6.07) is 0. The van der Waals surface area contributed by atoms with Crippen molar-refractivity contribution in [1.82, 2.24) is 14.9 Å². The Morgan fingerprint density at radius 1 is 1.25 bits per heavy atom. The van der Waals surface area contributed by atoms with E-state index < -0.39 is 5.97 Å². The van der Waals surface area contributed by atoms with Gasteiger partial charge in [0.1, 0.15) is 15.5 Å². The largest absolute Gasteiger partial charge is 0.451 e. The van der Waals surface area contributed by atoms with Crippen molar-refractivity contribution in [2.75, 3.05) is 19.7 Å². The van der Waals surface area contributed by atoms with Crippen LogP contribution in [0.1, 0.15) is 40.3 Å². The molecule has 8 heteroatoms. The first kappa shape index (κ1) is 16.6. The van der Waals surface area contributed by atoms with Crippen LogP contribution in [0, 0.1) is 13.8 Å². The number of aryl methyl sites for hydroxylation is 2. The first-order valence-corrected chi connectivity index (χ1v) is 8.74. The van der Waals surface area contributed by atoms with Gasteiger partial charge in [-0.15, -0.1) is 11.3 Å². The monoisotopic (exact) mass is 349 g/mol. The number of esters is 1. The van der Waals surface area contributed by atoms with Gasteiger partial charge in [0.05, 0.1) is 5.39 Å². The van der Waals surface area contributed by atoms with Gasteiger partial charge in [-0.25, -0.2) is 9.78 Å². The van der Waals surface area contributed by atoms with Crippen LogP contribution in [0.5, 0.6) is 0 Å². The van der Waals surface area contributed by atoms with Crippen LogP contribution in [0.15, 0.2) is 4.79 Å². The van der Waals surface area contributed by atoms with Gasteiger partial charge in [0, 0.05) is 13.1 Å². The number of hydrogen-bond acceptors (Lipinski definition) is 6. The number of hydrogen-bond donors (Lipinski definition) is 1. The van der Waals surface area contributed by atoms with Crippen LogP contribution in [-0.2, 0) is 9.53 Å². The molecule has 24 heavy (non-hydrogen) atoms. The van der Waals surface area contributed by atoms with E-state index in [1.165, 1.54) is 0 Å². The van der Waals surface area contributed by atoms with Crippen LogP contribution in [0.2, 0.25) is 0 Å². The lowest BCUT2D eigenvalue weighted by atomic mass is 10.1. The third-order valence-corrected chi connectivity index (χ3v) is 5.31. The molecule has 0 atom stereocenters. The maximum absolute atomic E-state index is 12.3. The number of amides is 1. The average molecular weight is 349 g/mol. The summed E-state index contributed by atoms with van der Waals surface area (Å²) < 4.78 is 5.16. The number of carbonyl (C=O) groups excluding carboxylic acids is 2. The van der Waals surface area contributed by atoms with Crippen molar-refractivity contribution in [2.24, 2.45) is 0 Å². The fourth-order valence-electron chi connectivity index (χ4n) is 2.87. The highest BCUT2D eigenvalue weighted by atomic mass is 32.1. The summed E-state index contributed by atoms with van der Waals surface area (Å²) in [6.07, 6.45) is 3.11. The molecule has 1 fully saturated rings. The standard InChI is InChI=1S/C16H19N3O4S/c1-9-12-14(21)17-10(2)18-15(12)24-13(9)16(22)23-8-11(20)19-6-4-3-5-7-19/h3-8H2,1-2H3,(H,17,18,21). The van der Waals surface area contributed by atoms with Crippen molar-refractivity contribution in [1.29, 1.82) is 0 Å². The third kappa shape index (κ3) is 3.19. The van der Waals surface area contributed by atoms with E-state index in [0.717, 1.165) is 43.7 Å². The van der Waals surface area contributed by atoms with Crippen LogP contribution in [0.25, 0.3) is 10.2 Å². The molecule has 1 N–H and O–H groups in total. The number of piperidine rings is 1. The van der Waals surface area contributed by atoms with E-state index in [9.17, 15) is 14.4 Å². The molecule has 0 spiro atoms. The van der Waals surface area contributed by atoms with Crippen molar-refractivity contribution in [2.45, 2.75) is 33.1 Å². The first-order valence-electron chi connectivity index (χ1n) is 7.92. The van der Waals surface area contributed by atoms with Gasteiger partial charge in [-0.1, -0.05) is 0 Å². The molecule has 128 valence electrons. The Hall–Kier alpha value is -2.22. The van der Waals surface area contributed by atoms with E-state index in [1.54, 1.807) is 18.7 Å². The molecule has 1 aliphatic heterocycles. The van der Waals surface area contributed by atoms with Gasteiger partial charge < -0.3 is 14.6 Å². The second-order valence-corrected chi connectivity index (χ2v) is 6.90. The van der Waals surface area contributed by atoms with Crippen molar-refractivity contribution in [3.05, 3.63) is 26.6 Å². The second kappa shape index (κ2) is 6.72. The summed E-state index contributed by atoms with van der Waals surface area (Å²) in [5, 5.41) is 0.403. The normalized spacial score (nSPS) is 14.8. The molecule has 0 saturated carbocycles. The Labute approximate surface area is 142 Å². The van der Waals surface area contributed by atoms with Crippen LogP contribution in [-0.4, -0.2) is 46.4 Å². The predicted octanol–water partition coefficient (Wildman–Crippen LogP) is 1.77. The lowest BCUT2D eigenvalue weighted by molar-refractivity contribution is -0.135. The first-order chi connectivity index (χ1) is 11.5. The van der Waals surface area contributed by atoms with E-state index >= 15 is 0 Å². The highest BCUT2D eigenvalue weighted by Gasteiger charge is 2.22. The number of nitrogens with zero attached hydrogens (tertiary/aromatic N) is 2. The van der Waals surface area contributed by atoms with Crippen molar-refractivity contribution >= 4 is 33.4 Å². The number of likely N-dealkylation sites (tertiary alicyclic amines) is 1. The summed E-state index contributed by atoms with van der Waals surface area (Å²) in [4.78, 5) is 45.8. The summed E-state index contributed by atoms with van der Waals surface area (Å²) in [5.41, 5.74) is 0.272. The smallest absolute Gasteiger partial charge is 0.349 e. The molecule has 0 radical (unpaired) electrons. The molecule has 3 heterocycles. The molecule has 0 aliphatic carbocycles. The maximum atomic E-state index is 12.3. The quantitative estimate of drug-likeness (QED) is 0.853. The molecule has 1 amide bonds. The van der Waals surface area contributed by atoms with Gasteiger partial charge in [-0.3, -0.25) is 9.59 Å². The fourth-order valence-corrected chi connectivity index (χ4v) is 3.99. The molecule has 2 aromatic heterocycles. The molecule has 0 bridgehead atoms. The SMILES string of the molecule is Cc1nc2sc(C(=O)OCC(=O)N3CCCCC3)c(C)c2c(=O)[nH]1. The van der Waals surface area contributed by atoms with E-state index in [0.29, 0.717) is 26.5 Å². The Kier molecular flexibility index (Phi) is 4.66. The molecule has 0 aromatic carbocycles. The van der Waals surface area contributed by atoms with E-state index in [-0.39, 0.29) is 18.1 Å². The molecular weight excluding hydrogens is 330 g/mol. The molecule has 2 aromatic rings. The zero-order valence-corrected chi connectivity index (χ0v) is 14.5. The van der Waals surface area contributed by atoms with E-state index in [2.05, 4.69) is 9.97 Å². The van der Waals surface area contributed by atoms with Gasteiger partial charge in [0.2, 0.25) is 0 Å². The van der Waals surface area contributed by atoms with Gasteiger partial charge in [-0.2, -0.15) is 0 Å². The van der Waals surface area contributed by atoms with E-state index in [4.69, 9.17) is 4.74 Å². The topological polar surface area (TPSA) is 92.4 Å². The molecule has 0 unspecified atom stereocenters. The van der Waals surface area contributed by atoms with Crippen molar-refractivity contribution in [3.8, 4) is 0 Å². The predicted molar refractivity (Wildman–Crippen MR) is 90.4 cm³/mol. The maximum Gasteiger partial charge on any atom is 0.349 e. The van der Waals surface area contributed by atoms with Crippen molar-refractivity contribution < 1.29 is 14.3 Å².